The average Bonchev–Trinajstić information content (AvgIpc) is 2.59. The number of nitrogens with zero attached hydrogens (tertiary/aromatic N) is 5. The number of hydrogen-bond donors (Lipinski definition) is 0. The summed E-state index contributed by atoms with van der Waals surface area (Å²) in [6, 6.07) is 5.47. The Hall–Kier alpha value is -3.24. The van der Waals surface area contributed by atoms with Crippen molar-refractivity contribution in [3.63, 3.8) is 0 Å². The number of halogens is 3. The third-order valence-corrected chi connectivity index (χ3v) is 3.49. The minimum absolute atomic E-state index is 0.00778. The van der Waals surface area contributed by atoms with E-state index in [2.05, 4.69) is 10.2 Å². The van der Waals surface area contributed by atoms with E-state index >= 15 is 0 Å². The van der Waals surface area contributed by atoms with Gasteiger partial charge in [0.25, 0.3) is 11.6 Å². The number of benzene rings is 1. The molecular weight excluding hydrogens is 355 g/mol. The predicted molar refractivity (Wildman–Crippen MR) is 87.2 cm³/mol. The van der Waals surface area contributed by atoms with Crippen LogP contribution in [0.3, 0.4) is 0 Å². The number of nitro benzene ring substituents is 1. The summed E-state index contributed by atoms with van der Waals surface area (Å²) >= 11 is 0. The standard InChI is InChI=1S/C15H14F3N5O3/c1-21(2)11-5-4-9(23(25)26)8-10(11)14(24)22(3)13-7-6-12(19-20-13)15(16,17)18/h4-8H,1-3H3. The van der Waals surface area contributed by atoms with E-state index in [4.69, 9.17) is 0 Å². The minimum atomic E-state index is -4.65. The molecule has 138 valence electrons. The van der Waals surface area contributed by atoms with Gasteiger partial charge in [0.15, 0.2) is 11.5 Å². The lowest BCUT2D eigenvalue weighted by molar-refractivity contribution is -0.384. The predicted octanol–water partition coefficient (Wildman–Crippen LogP) is 2.75. The number of non-ortho nitro benzene ring substituents is 1. The molecular formula is C15H14F3N5O3. The van der Waals surface area contributed by atoms with Crippen LogP contribution in [0, 0.1) is 10.1 Å². The average molecular weight is 369 g/mol. The van der Waals surface area contributed by atoms with E-state index in [1.54, 1.807) is 19.0 Å². The number of rotatable bonds is 4. The number of hydrogen-bond acceptors (Lipinski definition) is 6. The van der Waals surface area contributed by atoms with Crippen LogP contribution in [0.25, 0.3) is 0 Å². The van der Waals surface area contributed by atoms with Crippen molar-refractivity contribution in [2.24, 2.45) is 0 Å². The maximum absolute atomic E-state index is 12.7. The van der Waals surface area contributed by atoms with Gasteiger partial charge in [0.1, 0.15) is 0 Å². The monoisotopic (exact) mass is 369 g/mol. The van der Waals surface area contributed by atoms with Crippen molar-refractivity contribution in [1.82, 2.24) is 10.2 Å². The largest absolute Gasteiger partial charge is 0.435 e. The topological polar surface area (TPSA) is 92.5 Å². The summed E-state index contributed by atoms with van der Waals surface area (Å²) in [6.45, 7) is 0. The van der Waals surface area contributed by atoms with Gasteiger partial charge in [0.2, 0.25) is 0 Å². The van der Waals surface area contributed by atoms with Crippen LogP contribution in [0.5, 0.6) is 0 Å². The number of aromatic nitrogens is 2. The summed E-state index contributed by atoms with van der Waals surface area (Å²) in [6.07, 6.45) is -4.65. The van der Waals surface area contributed by atoms with Crippen molar-refractivity contribution in [3.8, 4) is 0 Å². The first-order valence-electron chi connectivity index (χ1n) is 7.17. The molecule has 0 spiro atoms. The lowest BCUT2D eigenvalue weighted by Crippen LogP contribution is -2.29. The van der Waals surface area contributed by atoms with Gasteiger partial charge in [-0.2, -0.15) is 13.2 Å². The van der Waals surface area contributed by atoms with Crippen LogP contribution < -0.4 is 9.80 Å². The number of nitro groups is 1. The Morgan fingerprint density at radius 3 is 2.23 bits per heavy atom. The molecule has 0 radical (unpaired) electrons. The summed E-state index contributed by atoms with van der Waals surface area (Å²) in [7, 11) is 4.59. The Morgan fingerprint density at radius 1 is 1.12 bits per heavy atom. The Morgan fingerprint density at radius 2 is 1.77 bits per heavy atom. The molecule has 0 N–H and O–H groups in total. The summed E-state index contributed by atoms with van der Waals surface area (Å²) < 4.78 is 37.7. The van der Waals surface area contributed by atoms with Gasteiger partial charge < -0.3 is 4.90 Å². The highest BCUT2D eigenvalue weighted by Gasteiger charge is 2.33. The van der Waals surface area contributed by atoms with E-state index < -0.39 is 22.7 Å². The normalized spacial score (nSPS) is 11.2. The Labute approximate surface area is 146 Å². The lowest BCUT2D eigenvalue weighted by atomic mass is 10.1. The highest BCUT2D eigenvalue weighted by atomic mass is 19.4. The van der Waals surface area contributed by atoms with Crippen LogP contribution in [0.2, 0.25) is 0 Å². The molecule has 1 aromatic carbocycles. The van der Waals surface area contributed by atoms with Gasteiger partial charge in [0.05, 0.1) is 10.5 Å². The second-order valence-corrected chi connectivity index (χ2v) is 5.49. The zero-order chi connectivity index (χ0) is 19.6. The van der Waals surface area contributed by atoms with Crippen LogP contribution >= 0.6 is 0 Å². The van der Waals surface area contributed by atoms with E-state index in [-0.39, 0.29) is 17.1 Å². The fourth-order valence-corrected chi connectivity index (χ4v) is 2.14. The van der Waals surface area contributed by atoms with Gasteiger partial charge in [-0.3, -0.25) is 19.8 Å². The highest BCUT2D eigenvalue weighted by Crippen LogP contribution is 2.29. The van der Waals surface area contributed by atoms with Gasteiger partial charge in [0, 0.05) is 39.0 Å². The maximum atomic E-state index is 12.7. The molecule has 0 aliphatic heterocycles. The fourth-order valence-electron chi connectivity index (χ4n) is 2.14. The summed E-state index contributed by atoms with van der Waals surface area (Å²) in [5.74, 6) is -0.800. The van der Waals surface area contributed by atoms with Gasteiger partial charge in [-0.05, 0) is 18.2 Å². The van der Waals surface area contributed by atoms with Crippen LogP contribution in [0.4, 0.5) is 30.4 Å². The molecule has 1 heterocycles. The van der Waals surface area contributed by atoms with Crippen molar-refractivity contribution in [2.75, 3.05) is 30.9 Å². The third kappa shape index (κ3) is 3.87. The molecule has 0 aliphatic carbocycles. The van der Waals surface area contributed by atoms with Crippen LogP contribution in [0.1, 0.15) is 16.1 Å². The molecule has 11 heteroatoms. The zero-order valence-corrected chi connectivity index (χ0v) is 14.0. The van der Waals surface area contributed by atoms with E-state index in [9.17, 15) is 28.1 Å². The van der Waals surface area contributed by atoms with Gasteiger partial charge in [-0.25, -0.2) is 0 Å². The molecule has 0 saturated carbocycles. The molecule has 1 aromatic heterocycles. The first kappa shape index (κ1) is 19.1. The SMILES string of the molecule is CN(C)c1ccc([N+](=O)[O-])cc1C(=O)N(C)c1ccc(C(F)(F)F)nn1. The Balaban J connectivity index is 2.41. The molecule has 8 nitrogen and oxygen atoms in total. The van der Waals surface area contributed by atoms with E-state index in [0.717, 1.165) is 17.0 Å². The third-order valence-electron chi connectivity index (χ3n) is 3.49. The Kier molecular flexibility index (Phi) is 5.10. The number of carbonyl (C=O) groups excluding carboxylic acids is 1. The van der Waals surface area contributed by atoms with Crippen molar-refractivity contribution >= 4 is 23.1 Å². The zero-order valence-electron chi connectivity index (χ0n) is 14.0. The molecule has 0 unspecified atom stereocenters. The second-order valence-electron chi connectivity index (χ2n) is 5.49. The molecule has 26 heavy (non-hydrogen) atoms. The number of carbonyl (C=O) groups is 1. The maximum Gasteiger partial charge on any atom is 0.435 e. The van der Waals surface area contributed by atoms with Crippen molar-refractivity contribution in [2.45, 2.75) is 6.18 Å². The highest BCUT2D eigenvalue weighted by molar-refractivity contribution is 6.09. The summed E-state index contributed by atoms with van der Waals surface area (Å²) in [5.41, 5.74) is -1.06. The fraction of sp³-hybridized carbons (Fsp3) is 0.267. The summed E-state index contributed by atoms with van der Waals surface area (Å²) in [5, 5.41) is 17.4. The first-order valence-corrected chi connectivity index (χ1v) is 7.17. The van der Waals surface area contributed by atoms with E-state index in [0.29, 0.717) is 11.8 Å². The first-order chi connectivity index (χ1) is 12.0. The quantitative estimate of drug-likeness (QED) is 0.608. The molecule has 0 fully saturated rings. The van der Waals surface area contributed by atoms with E-state index in [1.165, 1.54) is 19.2 Å². The van der Waals surface area contributed by atoms with Crippen LogP contribution in [0.15, 0.2) is 30.3 Å². The molecule has 1 amide bonds. The molecule has 0 atom stereocenters. The van der Waals surface area contributed by atoms with Gasteiger partial charge in [-0.15, -0.1) is 10.2 Å². The van der Waals surface area contributed by atoms with Crippen LogP contribution in [-0.4, -0.2) is 42.2 Å². The molecule has 0 aliphatic rings. The second kappa shape index (κ2) is 6.94. The number of alkyl halides is 3. The number of amides is 1. The van der Waals surface area contributed by atoms with Crippen molar-refractivity contribution < 1.29 is 22.9 Å². The van der Waals surface area contributed by atoms with Crippen molar-refractivity contribution in [1.29, 1.82) is 0 Å². The molecule has 2 aromatic rings. The molecule has 2 rings (SSSR count). The van der Waals surface area contributed by atoms with Gasteiger partial charge in [-0.1, -0.05) is 0 Å². The lowest BCUT2D eigenvalue weighted by Gasteiger charge is -2.21. The smallest absolute Gasteiger partial charge is 0.377 e. The van der Waals surface area contributed by atoms with Crippen molar-refractivity contribution in [3.05, 3.63) is 51.7 Å². The van der Waals surface area contributed by atoms with E-state index in [1.807, 2.05) is 0 Å². The summed E-state index contributed by atoms with van der Waals surface area (Å²) in [4.78, 5) is 25.6. The molecule has 0 bridgehead atoms. The minimum Gasteiger partial charge on any atom is -0.377 e. The van der Waals surface area contributed by atoms with Gasteiger partial charge >= 0.3 is 6.18 Å². The Bertz CT molecular complexity index is 837. The van der Waals surface area contributed by atoms with Crippen LogP contribution in [-0.2, 0) is 6.18 Å². The number of anilines is 2. The molecule has 0 saturated heterocycles.